The molecule has 2 fully saturated rings. The van der Waals surface area contributed by atoms with Crippen molar-refractivity contribution in [3.8, 4) is 0 Å². The maximum Gasteiger partial charge on any atom is 0.221 e. The monoisotopic (exact) mass is 389 g/mol. The second kappa shape index (κ2) is 11.1. The standard InChI is InChI=1S/C21H35N5O2/c1-22-21(23-12-11-20(27)25-17-8-3-2-4-9-17)24-16-18(19-10-7-15-28-19)26-13-5-6-14-26/h7,10,15,17-18H,2-6,8-9,11-14,16H2,1H3,(H,25,27)(H2,22,23,24). The molecule has 1 aliphatic heterocycles. The van der Waals surface area contributed by atoms with Crippen molar-refractivity contribution < 1.29 is 9.21 Å². The Kier molecular flexibility index (Phi) is 8.21. The van der Waals surface area contributed by atoms with Gasteiger partial charge < -0.3 is 20.4 Å². The first-order valence-electron chi connectivity index (χ1n) is 10.8. The van der Waals surface area contributed by atoms with Gasteiger partial charge in [-0.15, -0.1) is 0 Å². The van der Waals surface area contributed by atoms with Gasteiger partial charge in [0.2, 0.25) is 5.91 Å². The Hall–Kier alpha value is -2.02. The van der Waals surface area contributed by atoms with Crippen LogP contribution in [0.4, 0.5) is 0 Å². The van der Waals surface area contributed by atoms with Gasteiger partial charge in [-0.1, -0.05) is 19.3 Å². The fourth-order valence-electron chi connectivity index (χ4n) is 4.20. The molecule has 0 radical (unpaired) electrons. The van der Waals surface area contributed by atoms with Crippen molar-refractivity contribution in [2.75, 3.05) is 33.2 Å². The van der Waals surface area contributed by atoms with Gasteiger partial charge in [0.05, 0.1) is 12.3 Å². The summed E-state index contributed by atoms with van der Waals surface area (Å²) in [5, 5.41) is 9.81. The van der Waals surface area contributed by atoms with E-state index in [0.717, 1.165) is 44.2 Å². The lowest BCUT2D eigenvalue weighted by atomic mass is 9.95. The molecule has 1 aliphatic carbocycles. The molecule has 7 nitrogen and oxygen atoms in total. The number of guanidine groups is 1. The minimum absolute atomic E-state index is 0.125. The number of aliphatic imine (C=N–C) groups is 1. The van der Waals surface area contributed by atoms with Crippen molar-refractivity contribution in [1.29, 1.82) is 0 Å². The summed E-state index contributed by atoms with van der Waals surface area (Å²) in [4.78, 5) is 18.9. The van der Waals surface area contributed by atoms with Crippen LogP contribution in [0.15, 0.2) is 27.8 Å². The summed E-state index contributed by atoms with van der Waals surface area (Å²) in [5.74, 6) is 1.83. The van der Waals surface area contributed by atoms with Crippen LogP contribution in [-0.4, -0.2) is 56.0 Å². The van der Waals surface area contributed by atoms with Crippen LogP contribution in [0.5, 0.6) is 0 Å². The van der Waals surface area contributed by atoms with E-state index >= 15 is 0 Å². The van der Waals surface area contributed by atoms with Gasteiger partial charge in [-0.3, -0.25) is 14.7 Å². The molecule has 1 atom stereocenters. The smallest absolute Gasteiger partial charge is 0.221 e. The Morgan fingerprint density at radius 3 is 2.68 bits per heavy atom. The predicted octanol–water partition coefficient (Wildman–Crippen LogP) is 2.42. The summed E-state index contributed by atoms with van der Waals surface area (Å²) in [6, 6.07) is 4.55. The lowest BCUT2D eigenvalue weighted by Gasteiger charge is -2.26. The lowest BCUT2D eigenvalue weighted by molar-refractivity contribution is -0.121. The number of carbonyl (C=O) groups excluding carboxylic acids is 1. The van der Waals surface area contributed by atoms with Crippen molar-refractivity contribution in [2.45, 2.75) is 63.5 Å². The Morgan fingerprint density at radius 1 is 1.21 bits per heavy atom. The molecule has 0 bridgehead atoms. The first kappa shape index (κ1) is 20.7. The van der Waals surface area contributed by atoms with Crippen LogP contribution in [0.25, 0.3) is 0 Å². The Morgan fingerprint density at radius 2 is 2.00 bits per heavy atom. The molecule has 3 rings (SSSR count). The summed E-state index contributed by atoms with van der Waals surface area (Å²) < 4.78 is 5.66. The SMILES string of the molecule is CN=C(NCCC(=O)NC1CCCCC1)NCC(c1ccco1)N1CCCC1. The first-order valence-corrected chi connectivity index (χ1v) is 10.8. The Balaban J connectivity index is 1.40. The zero-order valence-electron chi connectivity index (χ0n) is 17.1. The van der Waals surface area contributed by atoms with E-state index in [1.165, 1.54) is 32.1 Å². The number of likely N-dealkylation sites (tertiary alicyclic amines) is 1. The third-order valence-electron chi connectivity index (χ3n) is 5.75. The van der Waals surface area contributed by atoms with Crippen LogP contribution in [0, 0.1) is 0 Å². The van der Waals surface area contributed by atoms with Crippen LogP contribution < -0.4 is 16.0 Å². The summed E-state index contributed by atoms with van der Waals surface area (Å²) in [6.07, 6.45) is 10.7. The molecule has 1 aromatic rings. The number of carbonyl (C=O) groups is 1. The van der Waals surface area contributed by atoms with Crippen molar-refractivity contribution in [3.05, 3.63) is 24.2 Å². The fraction of sp³-hybridized carbons (Fsp3) is 0.714. The van der Waals surface area contributed by atoms with Crippen molar-refractivity contribution in [3.63, 3.8) is 0 Å². The largest absolute Gasteiger partial charge is 0.468 e. The highest BCUT2D eigenvalue weighted by Gasteiger charge is 2.25. The van der Waals surface area contributed by atoms with Gasteiger partial charge in [0.25, 0.3) is 0 Å². The predicted molar refractivity (Wildman–Crippen MR) is 111 cm³/mol. The maximum absolute atomic E-state index is 12.1. The van der Waals surface area contributed by atoms with Gasteiger partial charge in [0.15, 0.2) is 5.96 Å². The number of nitrogens with one attached hydrogen (secondary N) is 3. The second-order valence-electron chi connectivity index (χ2n) is 7.81. The van der Waals surface area contributed by atoms with E-state index in [9.17, 15) is 4.79 Å². The summed E-state index contributed by atoms with van der Waals surface area (Å²) in [6.45, 7) is 3.50. The van der Waals surface area contributed by atoms with Gasteiger partial charge in [-0.2, -0.15) is 0 Å². The quantitative estimate of drug-likeness (QED) is 0.470. The minimum atomic E-state index is 0.125. The molecule has 0 spiro atoms. The number of hydrogen-bond donors (Lipinski definition) is 3. The average Bonchev–Trinajstić information content (AvgIpc) is 3.42. The number of rotatable bonds is 8. The highest BCUT2D eigenvalue weighted by molar-refractivity contribution is 5.81. The average molecular weight is 390 g/mol. The van der Waals surface area contributed by atoms with Crippen molar-refractivity contribution in [1.82, 2.24) is 20.9 Å². The van der Waals surface area contributed by atoms with E-state index in [2.05, 4.69) is 25.8 Å². The van der Waals surface area contributed by atoms with E-state index in [-0.39, 0.29) is 11.9 Å². The highest BCUT2D eigenvalue weighted by Crippen LogP contribution is 2.24. The van der Waals surface area contributed by atoms with Crippen LogP contribution in [0.1, 0.15) is 63.2 Å². The van der Waals surface area contributed by atoms with Gasteiger partial charge in [-0.25, -0.2) is 0 Å². The summed E-state index contributed by atoms with van der Waals surface area (Å²) in [7, 11) is 1.76. The number of amides is 1. The third kappa shape index (κ3) is 6.26. The molecule has 7 heteroatoms. The maximum atomic E-state index is 12.1. The third-order valence-corrected chi connectivity index (χ3v) is 5.75. The topological polar surface area (TPSA) is 81.9 Å². The molecule has 1 saturated carbocycles. The van der Waals surface area contributed by atoms with Crippen LogP contribution in [-0.2, 0) is 4.79 Å². The van der Waals surface area contributed by atoms with Gasteiger partial charge in [-0.05, 0) is 50.9 Å². The van der Waals surface area contributed by atoms with E-state index < -0.39 is 0 Å². The van der Waals surface area contributed by atoms with Crippen LogP contribution in [0.2, 0.25) is 0 Å². The molecule has 1 unspecified atom stereocenters. The minimum Gasteiger partial charge on any atom is -0.468 e. The van der Waals surface area contributed by atoms with Gasteiger partial charge >= 0.3 is 0 Å². The summed E-state index contributed by atoms with van der Waals surface area (Å²) >= 11 is 0. The first-order chi connectivity index (χ1) is 13.8. The molecule has 156 valence electrons. The van der Waals surface area contributed by atoms with Crippen LogP contribution in [0.3, 0.4) is 0 Å². The van der Waals surface area contributed by atoms with E-state index in [1.54, 1.807) is 13.3 Å². The fourth-order valence-corrected chi connectivity index (χ4v) is 4.20. The van der Waals surface area contributed by atoms with E-state index in [1.807, 2.05) is 12.1 Å². The molecule has 1 saturated heterocycles. The molecular weight excluding hydrogens is 354 g/mol. The Labute approximate surface area is 168 Å². The van der Waals surface area contributed by atoms with E-state index in [4.69, 9.17) is 4.42 Å². The molecule has 0 aromatic carbocycles. The molecule has 2 aliphatic rings. The Bertz CT molecular complexity index is 604. The molecule has 1 aromatic heterocycles. The van der Waals surface area contributed by atoms with Crippen molar-refractivity contribution in [2.24, 2.45) is 4.99 Å². The lowest BCUT2D eigenvalue weighted by Crippen LogP contribution is -2.44. The zero-order chi connectivity index (χ0) is 19.6. The number of hydrogen-bond acceptors (Lipinski definition) is 4. The van der Waals surface area contributed by atoms with Crippen LogP contribution >= 0.6 is 0 Å². The highest BCUT2D eigenvalue weighted by atomic mass is 16.3. The van der Waals surface area contributed by atoms with Crippen molar-refractivity contribution >= 4 is 11.9 Å². The summed E-state index contributed by atoms with van der Waals surface area (Å²) in [5.41, 5.74) is 0. The van der Waals surface area contributed by atoms with E-state index in [0.29, 0.717) is 19.0 Å². The molecule has 2 heterocycles. The van der Waals surface area contributed by atoms with Gasteiger partial charge in [0, 0.05) is 32.6 Å². The zero-order valence-corrected chi connectivity index (χ0v) is 17.1. The molecule has 28 heavy (non-hydrogen) atoms. The van der Waals surface area contributed by atoms with Gasteiger partial charge in [0.1, 0.15) is 5.76 Å². The molecule has 1 amide bonds. The normalized spacial score (nSPS) is 20.1. The number of furan rings is 1. The second-order valence-corrected chi connectivity index (χ2v) is 7.81. The molecular formula is C21H35N5O2. The number of nitrogens with zero attached hydrogens (tertiary/aromatic N) is 2. The molecule has 3 N–H and O–H groups in total.